The van der Waals surface area contributed by atoms with Gasteiger partial charge in [0.15, 0.2) is 0 Å². The van der Waals surface area contributed by atoms with E-state index in [2.05, 4.69) is 15.9 Å². The molecule has 0 aliphatic heterocycles. The molecule has 0 radical (unpaired) electrons. The first-order chi connectivity index (χ1) is 3.70. The minimum atomic E-state index is 0.947. The summed E-state index contributed by atoms with van der Waals surface area (Å²) in [5.74, 6) is 1.90. The lowest BCUT2D eigenvalue weighted by atomic mass is 10.5. The Morgan fingerprint density at radius 1 is 1.50 bits per heavy atom. The summed E-state index contributed by atoms with van der Waals surface area (Å²) in [5.41, 5.74) is 0. The molecule has 0 fully saturated rings. The van der Waals surface area contributed by atoms with Crippen molar-refractivity contribution in [1.29, 1.82) is 0 Å². The van der Waals surface area contributed by atoms with E-state index in [1.807, 2.05) is 19.9 Å². The third-order valence-electron chi connectivity index (χ3n) is 0.980. The predicted octanol–water partition coefficient (Wildman–Crippen LogP) is 2.66. The molecule has 44 valence electrons. The fourth-order valence-electron chi connectivity index (χ4n) is 0.600. The summed E-state index contributed by atoms with van der Waals surface area (Å²) in [6, 6.07) is 1.95. The Labute approximate surface area is 56.8 Å². The van der Waals surface area contributed by atoms with E-state index in [0.29, 0.717) is 0 Å². The van der Waals surface area contributed by atoms with Crippen LogP contribution in [-0.4, -0.2) is 0 Å². The zero-order valence-corrected chi connectivity index (χ0v) is 6.45. The van der Waals surface area contributed by atoms with Gasteiger partial charge in [-0.25, -0.2) is 0 Å². The van der Waals surface area contributed by atoms with Crippen LogP contribution in [-0.2, 0) is 0 Å². The Hall–Kier alpha value is -0.240. The average molecular weight is 175 g/mol. The van der Waals surface area contributed by atoms with Gasteiger partial charge in [-0.1, -0.05) is 0 Å². The van der Waals surface area contributed by atoms with Crippen molar-refractivity contribution in [2.24, 2.45) is 0 Å². The molecule has 0 aliphatic carbocycles. The van der Waals surface area contributed by atoms with Gasteiger partial charge in [-0.3, -0.25) is 0 Å². The molecule has 1 rings (SSSR count). The molecule has 1 aromatic heterocycles. The van der Waals surface area contributed by atoms with Crippen molar-refractivity contribution in [2.45, 2.75) is 13.8 Å². The molecule has 2 heteroatoms. The fraction of sp³-hybridized carbons (Fsp3) is 0.333. The van der Waals surface area contributed by atoms with Crippen LogP contribution in [0.5, 0.6) is 0 Å². The highest BCUT2D eigenvalue weighted by atomic mass is 79.9. The van der Waals surface area contributed by atoms with E-state index in [4.69, 9.17) is 4.42 Å². The fourth-order valence-corrected chi connectivity index (χ4v) is 1.00. The third-order valence-corrected chi connectivity index (χ3v) is 1.77. The second-order valence-corrected chi connectivity index (χ2v) is 2.62. The van der Waals surface area contributed by atoms with E-state index < -0.39 is 0 Å². The molecule has 0 saturated carbocycles. The summed E-state index contributed by atoms with van der Waals surface area (Å²) < 4.78 is 6.22. The molecule has 1 aromatic rings. The van der Waals surface area contributed by atoms with E-state index in [9.17, 15) is 0 Å². The SMILES string of the molecule is Cc1cc(Br)c(C)o1. The number of halogens is 1. The molecule has 1 heterocycles. The molecule has 1 nitrogen and oxygen atoms in total. The van der Waals surface area contributed by atoms with Crippen LogP contribution in [0, 0.1) is 13.8 Å². The molecule has 8 heavy (non-hydrogen) atoms. The van der Waals surface area contributed by atoms with Gasteiger partial charge in [0.05, 0.1) is 4.47 Å². The van der Waals surface area contributed by atoms with Gasteiger partial charge in [-0.05, 0) is 35.8 Å². The van der Waals surface area contributed by atoms with Gasteiger partial charge in [0.2, 0.25) is 0 Å². The third kappa shape index (κ3) is 0.944. The van der Waals surface area contributed by atoms with E-state index in [-0.39, 0.29) is 0 Å². The van der Waals surface area contributed by atoms with Gasteiger partial charge >= 0.3 is 0 Å². The summed E-state index contributed by atoms with van der Waals surface area (Å²) in [6.07, 6.45) is 0. The largest absolute Gasteiger partial charge is 0.465 e. The second-order valence-electron chi connectivity index (χ2n) is 1.76. The van der Waals surface area contributed by atoms with Crippen LogP contribution in [0.15, 0.2) is 15.0 Å². The van der Waals surface area contributed by atoms with Crippen LogP contribution < -0.4 is 0 Å². The van der Waals surface area contributed by atoms with Gasteiger partial charge in [-0.15, -0.1) is 0 Å². The monoisotopic (exact) mass is 174 g/mol. The Balaban J connectivity index is 3.14. The zero-order valence-electron chi connectivity index (χ0n) is 4.86. The van der Waals surface area contributed by atoms with Crippen molar-refractivity contribution >= 4 is 15.9 Å². The lowest BCUT2D eigenvalue weighted by Crippen LogP contribution is -1.57. The number of hydrogen-bond donors (Lipinski definition) is 0. The quantitative estimate of drug-likeness (QED) is 0.590. The topological polar surface area (TPSA) is 13.1 Å². The number of aryl methyl sites for hydroxylation is 2. The maximum atomic E-state index is 5.17. The highest BCUT2D eigenvalue weighted by Gasteiger charge is 1.97. The first kappa shape index (κ1) is 5.89. The minimum absolute atomic E-state index is 0.947. The molecule has 0 aliphatic rings. The molecule has 0 atom stereocenters. The Morgan fingerprint density at radius 3 is 2.25 bits per heavy atom. The number of furan rings is 1. The van der Waals surface area contributed by atoms with Crippen molar-refractivity contribution in [3.05, 3.63) is 22.1 Å². The van der Waals surface area contributed by atoms with Crippen LogP contribution in [0.1, 0.15) is 11.5 Å². The first-order valence-corrected chi connectivity index (χ1v) is 3.22. The highest BCUT2D eigenvalue weighted by molar-refractivity contribution is 9.10. The van der Waals surface area contributed by atoms with Crippen molar-refractivity contribution in [3.8, 4) is 0 Å². The van der Waals surface area contributed by atoms with Gasteiger partial charge < -0.3 is 4.42 Å². The van der Waals surface area contributed by atoms with E-state index in [0.717, 1.165) is 16.0 Å². The van der Waals surface area contributed by atoms with Crippen LogP contribution in [0.25, 0.3) is 0 Å². The van der Waals surface area contributed by atoms with Crippen molar-refractivity contribution < 1.29 is 4.42 Å². The van der Waals surface area contributed by atoms with Crippen molar-refractivity contribution in [1.82, 2.24) is 0 Å². The van der Waals surface area contributed by atoms with Gasteiger partial charge in [0.1, 0.15) is 11.5 Å². The Morgan fingerprint density at radius 2 is 2.12 bits per heavy atom. The van der Waals surface area contributed by atoms with E-state index >= 15 is 0 Å². The summed E-state index contributed by atoms with van der Waals surface area (Å²) in [7, 11) is 0. The molecule has 0 spiro atoms. The summed E-state index contributed by atoms with van der Waals surface area (Å²) in [4.78, 5) is 0. The average Bonchev–Trinajstić information content (AvgIpc) is 1.85. The molecule has 0 saturated heterocycles. The van der Waals surface area contributed by atoms with E-state index in [1.54, 1.807) is 0 Å². The number of rotatable bonds is 0. The normalized spacial score (nSPS) is 9.88. The highest BCUT2D eigenvalue weighted by Crippen LogP contribution is 2.18. The number of hydrogen-bond acceptors (Lipinski definition) is 1. The Kier molecular flexibility index (Phi) is 1.43. The van der Waals surface area contributed by atoms with Crippen LogP contribution >= 0.6 is 15.9 Å². The zero-order chi connectivity index (χ0) is 6.15. The van der Waals surface area contributed by atoms with Gasteiger partial charge in [0, 0.05) is 0 Å². The van der Waals surface area contributed by atoms with Crippen molar-refractivity contribution in [2.75, 3.05) is 0 Å². The Bertz CT molecular complexity index is 171. The lowest BCUT2D eigenvalue weighted by Gasteiger charge is -1.79. The van der Waals surface area contributed by atoms with Crippen LogP contribution in [0.4, 0.5) is 0 Å². The lowest BCUT2D eigenvalue weighted by molar-refractivity contribution is 0.503. The molecule has 0 N–H and O–H groups in total. The van der Waals surface area contributed by atoms with Gasteiger partial charge in [0.25, 0.3) is 0 Å². The molecule has 0 aromatic carbocycles. The molecule has 0 amide bonds. The molecular weight excluding hydrogens is 168 g/mol. The summed E-state index contributed by atoms with van der Waals surface area (Å²) in [6.45, 7) is 3.86. The predicted molar refractivity (Wildman–Crippen MR) is 35.9 cm³/mol. The smallest absolute Gasteiger partial charge is 0.115 e. The standard InChI is InChI=1S/C6H7BrO/c1-4-3-6(7)5(2)8-4/h3H,1-2H3. The first-order valence-electron chi connectivity index (χ1n) is 2.42. The summed E-state index contributed by atoms with van der Waals surface area (Å²) in [5, 5.41) is 0. The van der Waals surface area contributed by atoms with Crippen LogP contribution in [0.2, 0.25) is 0 Å². The molecule has 0 bridgehead atoms. The minimum Gasteiger partial charge on any atom is -0.465 e. The maximum absolute atomic E-state index is 5.17. The maximum Gasteiger partial charge on any atom is 0.115 e. The van der Waals surface area contributed by atoms with Crippen molar-refractivity contribution in [3.63, 3.8) is 0 Å². The molecular formula is C6H7BrO. The second kappa shape index (κ2) is 1.94. The molecule has 0 unspecified atom stereocenters. The van der Waals surface area contributed by atoms with E-state index in [1.165, 1.54) is 0 Å². The van der Waals surface area contributed by atoms with Crippen LogP contribution in [0.3, 0.4) is 0 Å². The summed E-state index contributed by atoms with van der Waals surface area (Å²) >= 11 is 3.32. The van der Waals surface area contributed by atoms with Gasteiger partial charge in [-0.2, -0.15) is 0 Å².